The van der Waals surface area contributed by atoms with Crippen LogP contribution >= 0.6 is 7.60 Å². The normalized spacial score (nSPS) is 15.2. The van der Waals surface area contributed by atoms with Gasteiger partial charge in [-0.2, -0.15) is 0 Å². The molecule has 0 aromatic heterocycles. The van der Waals surface area contributed by atoms with Gasteiger partial charge < -0.3 is 25.7 Å². The molecule has 0 saturated heterocycles. The molecule has 92 valence electrons. The summed E-state index contributed by atoms with van der Waals surface area (Å²) in [7, 11) is -4.79. The molecule has 0 unspecified atom stereocenters. The van der Waals surface area contributed by atoms with Crippen LogP contribution in [0, 0.1) is 0 Å². The first-order valence-electron chi connectivity index (χ1n) is 3.81. The van der Waals surface area contributed by atoms with E-state index in [4.69, 9.17) is 25.7 Å². The highest BCUT2D eigenvalue weighted by Crippen LogP contribution is 2.35. The van der Waals surface area contributed by atoms with E-state index in [0.29, 0.717) is 0 Å². The van der Waals surface area contributed by atoms with Crippen LogP contribution in [0.3, 0.4) is 0 Å². The molecule has 0 fully saturated rings. The highest BCUT2D eigenvalue weighted by molar-refractivity contribution is 7.52. The first kappa shape index (κ1) is 14.7. The third-order valence-electron chi connectivity index (χ3n) is 1.66. The van der Waals surface area contributed by atoms with Gasteiger partial charge in [-0.1, -0.05) is 0 Å². The van der Waals surface area contributed by atoms with Crippen LogP contribution in [-0.4, -0.2) is 49.4 Å². The maximum atomic E-state index is 11.2. The summed E-state index contributed by atoms with van der Waals surface area (Å²) in [4.78, 5) is 49.0. The largest absolute Gasteiger partial charge is 0.481 e. The van der Waals surface area contributed by atoms with Crippen LogP contribution in [0.5, 0.6) is 0 Å². The molecule has 0 bridgehead atoms. The Morgan fingerprint density at radius 1 is 1.19 bits per heavy atom. The van der Waals surface area contributed by atoms with Gasteiger partial charge in [-0.15, -0.1) is 0 Å². The minimum atomic E-state index is -4.79. The Balaban J connectivity index is 5.07. The standard InChI is InChI=1S/C6H10NO8P/c7-6(5(11)12,1-4(9)10)3(8)2-16(13,14)15/h1-2,7H2,(H,9,10)(H,11,12)(H2,13,14,15)/t6-/m1/s1. The summed E-state index contributed by atoms with van der Waals surface area (Å²) >= 11 is 0. The van der Waals surface area contributed by atoms with E-state index >= 15 is 0 Å². The van der Waals surface area contributed by atoms with Gasteiger partial charge in [-0.05, 0) is 0 Å². The van der Waals surface area contributed by atoms with Gasteiger partial charge in [0, 0.05) is 0 Å². The zero-order valence-corrected chi connectivity index (χ0v) is 8.76. The molecule has 0 aromatic carbocycles. The summed E-state index contributed by atoms with van der Waals surface area (Å²) in [6.45, 7) is 0. The molecule has 0 spiro atoms. The minimum Gasteiger partial charge on any atom is -0.481 e. The summed E-state index contributed by atoms with van der Waals surface area (Å²) in [5.41, 5.74) is 2.19. The van der Waals surface area contributed by atoms with Gasteiger partial charge in [0.25, 0.3) is 0 Å². The van der Waals surface area contributed by atoms with Crippen molar-refractivity contribution >= 4 is 25.3 Å². The van der Waals surface area contributed by atoms with Gasteiger partial charge in [0.2, 0.25) is 0 Å². The zero-order chi connectivity index (χ0) is 13.1. The fraction of sp³-hybridized carbons (Fsp3) is 0.500. The molecule has 0 amide bonds. The zero-order valence-electron chi connectivity index (χ0n) is 7.86. The summed E-state index contributed by atoms with van der Waals surface area (Å²) in [6.07, 6.45) is -2.66. The van der Waals surface area contributed by atoms with Crippen molar-refractivity contribution in [1.82, 2.24) is 0 Å². The minimum absolute atomic E-state index is 1.25. The van der Waals surface area contributed by atoms with Gasteiger partial charge in [0.05, 0.1) is 6.42 Å². The molecular formula is C6H10NO8P. The molecule has 6 N–H and O–H groups in total. The van der Waals surface area contributed by atoms with E-state index in [1.54, 1.807) is 0 Å². The molecule has 1 atom stereocenters. The lowest BCUT2D eigenvalue weighted by Crippen LogP contribution is -2.57. The lowest BCUT2D eigenvalue weighted by molar-refractivity contribution is -0.153. The van der Waals surface area contributed by atoms with E-state index in [2.05, 4.69) is 0 Å². The van der Waals surface area contributed by atoms with E-state index < -0.39 is 43.4 Å². The van der Waals surface area contributed by atoms with Crippen molar-refractivity contribution in [3.8, 4) is 0 Å². The van der Waals surface area contributed by atoms with Crippen LogP contribution in [0.1, 0.15) is 6.42 Å². The first-order chi connectivity index (χ1) is 6.99. The average molecular weight is 255 g/mol. The highest BCUT2D eigenvalue weighted by Gasteiger charge is 2.46. The number of aliphatic carboxylic acids is 2. The Bertz CT molecular complexity index is 373. The van der Waals surface area contributed by atoms with Crippen molar-refractivity contribution in [1.29, 1.82) is 0 Å². The molecule has 0 aliphatic heterocycles. The monoisotopic (exact) mass is 255 g/mol. The van der Waals surface area contributed by atoms with Crippen LogP contribution < -0.4 is 5.73 Å². The summed E-state index contributed by atoms with van der Waals surface area (Å²) < 4.78 is 10.5. The topological polar surface area (TPSA) is 175 Å². The summed E-state index contributed by atoms with van der Waals surface area (Å²) in [5.74, 6) is -5.15. The molecule has 0 rings (SSSR count). The number of hydrogen-bond acceptors (Lipinski definition) is 5. The first-order valence-corrected chi connectivity index (χ1v) is 5.61. The number of Topliss-reactive ketones (excluding diaryl/α,β-unsaturated/α-hetero) is 1. The number of carbonyl (C=O) groups excluding carboxylic acids is 1. The lowest BCUT2D eigenvalue weighted by atomic mass is 9.92. The van der Waals surface area contributed by atoms with Crippen LogP contribution in [0.4, 0.5) is 0 Å². The fourth-order valence-electron chi connectivity index (χ4n) is 0.860. The Hall–Kier alpha value is -1.28. The number of hydrogen-bond donors (Lipinski definition) is 5. The van der Waals surface area contributed by atoms with E-state index in [1.165, 1.54) is 0 Å². The molecule has 16 heavy (non-hydrogen) atoms. The van der Waals surface area contributed by atoms with Crippen molar-refractivity contribution in [2.45, 2.75) is 12.0 Å². The maximum absolute atomic E-state index is 11.2. The maximum Gasteiger partial charge on any atom is 0.333 e. The van der Waals surface area contributed by atoms with Crippen molar-refractivity contribution in [2.24, 2.45) is 5.73 Å². The highest BCUT2D eigenvalue weighted by atomic mass is 31.2. The van der Waals surface area contributed by atoms with Crippen LogP contribution in [-0.2, 0) is 18.9 Å². The molecule has 0 aliphatic rings. The van der Waals surface area contributed by atoms with E-state index in [-0.39, 0.29) is 0 Å². The van der Waals surface area contributed by atoms with Gasteiger partial charge in [-0.25, -0.2) is 4.79 Å². The van der Waals surface area contributed by atoms with Gasteiger partial charge in [0.15, 0.2) is 11.3 Å². The van der Waals surface area contributed by atoms with Crippen molar-refractivity contribution in [3.63, 3.8) is 0 Å². The molecule has 0 aromatic rings. The number of carbonyl (C=O) groups is 3. The molecule has 0 heterocycles. The predicted octanol–water partition coefficient (Wildman–Crippen LogP) is -2.01. The van der Waals surface area contributed by atoms with Crippen LogP contribution in [0.15, 0.2) is 0 Å². The van der Waals surface area contributed by atoms with Crippen LogP contribution in [0.2, 0.25) is 0 Å². The van der Waals surface area contributed by atoms with Crippen molar-refractivity contribution in [2.75, 3.05) is 6.16 Å². The fourth-order valence-corrected chi connectivity index (χ4v) is 1.52. The predicted molar refractivity (Wildman–Crippen MR) is 48.7 cm³/mol. The number of carboxylic acids is 2. The lowest BCUT2D eigenvalue weighted by Gasteiger charge is -2.21. The second kappa shape index (κ2) is 4.71. The number of rotatable bonds is 6. The van der Waals surface area contributed by atoms with E-state index in [0.717, 1.165) is 0 Å². The number of nitrogens with two attached hydrogens (primary N) is 1. The van der Waals surface area contributed by atoms with Crippen LogP contribution in [0.25, 0.3) is 0 Å². The smallest absolute Gasteiger partial charge is 0.333 e. The van der Waals surface area contributed by atoms with Crippen molar-refractivity contribution in [3.05, 3.63) is 0 Å². The van der Waals surface area contributed by atoms with Crippen molar-refractivity contribution < 1.29 is 38.9 Å². The second-order valence-corrected chi connectivity index (χ2v) is 4.74. The van der Waals surface area contributed by atoms with Gasteiger partial charge in [-0.3, -0.25) is 14.2 Å². The molecule has 0 saturated carbocycles. The number of ketones is 1. The molecule has 9 nitrogen and oxygen atoms in total. The number of carboxylic acid groups (broad SMARTS) is 2. The Kier molecular flexibility index (Phi) is 4.33. The molecule has 10 heteroatoms. The van der Waals surface area contributed by atoms with Gasteiger partial charge >= 0.3 is 19.5 Å². The molecule has 0 radical (unpaired) electrons. The third kappa shape index (κ3) is 4.07. The average Bonchev–Trinajstić information content (AvgIpc) is 1.98. The summed E-state index contributed by atoms with van der Waals surface area (Å²) in [5, 5.41) is 16.9. The van der Waals surface area contributed by atoms with Gasteiger partial charge in [0.1, 0.15) is 6.16 Å². The third-order valence-corrected chi connectivity index (χ3v) is 2.36. The van der Waals surface area contributed by atoms with E-state index in [1.807, 2.05) is 0 Å². The Labute approximate surface area is 89.0 Å². The molecular weight excluding hydrogens is 245 g/mol. The molecule has 0 aliphatic carbocycles. The van der Waals surface area contributed by atoms with E-state index in [9.17, 15) is 18.9 Å². The Morgan fingerprint density at radius 2 is 1.62 bits per heavy atom. The summed E-state index contributed by atoms with van der Waals surface area (Å²) in [6, 6.07) is 0. The Morgan fingerprint density at radius 3 is 1.88 bits per heavy atom. The second-order valence-electron chi connectivity index (χ2n) is 3.09. The SMILES string of the molecule is N[C@@](CC(=O)O)(C(=O)O)C(=O)CP(=O)(O)O. The quantitative estimate of drug-likeness (QED) is 0.265.